The van der Waals surface area contributed by atoms with E-state index in [0.717, 1.165) is 12.8 Å². The summed E-state index contributed by atoms with van der Waals surface area (Å²) in [4.78, 5) is 0. The van der Waals surface area contributed by atoms with Gasteiger partial charge in [0.1, 0.15) is 0 Å². The molecular weight excluding hydrogens is 188 g/mol. The predicted molar refractivity (Wildman–Crippen MR) is 59.0 cm³/mol. The summed E-state index contributed by atoms with van der Waals surface area (Å²) < 4.78 is 5.74. The van der Waals surface area contributed by atoms with E-state index in [4.69, 9.17) is 23.4 Å². The molecule has 0 aromatic carbocycles. The van der Waals surface area contributed by atoms with E-state index in [-0.39, 0.29) is 0 Å². The van der Waals surface area contributed by atoms with Gasteiger partial charge in [-0.3, -0.25) is 0 Å². The van der Waals surface area contributed by atoms with Gasteiger partial charge in [0.05, 0.1) is 6.61 Å². The molecule has 0 bridgehead atoms. The Morgan fingerprint density at radius 3 is 3.08 bits per heavy atom. The number of unbranched alkanes of at least 4 members (excludes halogenated alkanes) is 1. The maximum Gasteiger partial charge on any atom is 0.224 e. The zero-order valence-corrected chi connectivity index (χ0v) is 8.71. The van der Waals surface area contributed by atoms with Crippen LogP contribution in [0.25, 0.3) is 0 Å². The summed E-state index contributed by atoms with van der Waals surface area (Å²) in [7, 11) is 0. The van der Waals surface area contributed by atoms with Crippen molar-refractivity contribution in [1.82, 2.24) is 0 Å². The molecule has 1 nitrogen and oxygen atoms in total. The Bertz CT molecular complexity index is 191. The largest absolute Gasteiger partial charge is 0.478 e. The lowest BCUT2D eigenvalue weighted by molar-refractivity contribution is 0.313. The Morgan fingerprint density at radius 1 is 1.75 bits per heavy atom. The first kappa shape index (κ1) is 11.5. The highest BCUT2D eigenvalue weighted by Gasteiger charge is 1.93. The van der Waals surface area contributed by atoms with Crippen LogP contribution in [0.1, 0.15) is 19.8 Å². The van der Waals surface area contributed by atoms with E-state index in [1.165, 1.54) is 11.8 Å². The summed E-state index contributed by atoms with van der Waals surface area (Å²) in [5, 5.41) is 1.74. The minimum atomic E-state index is 0.537. The fourth-order valence-corrected chi connectivity index (χ4v) is 1.12. The highest BCUT2D eigenvalue weighted by Crippen LogP contribution is 2.07. The zero-order chi connectivity index (χ0) is 9.23. The third-order valence-corrected chi connectivity index (χ3v) is 2.04. The number of thioether (sulfide) groups is 1. The van der Waals surface area contributed by atoms with Crippen molar-refractivity contribution in [2.24, 2.45) is 0 Å². The highest BCUT2D eigenvalue weighted by atomic mass is 32.2. The molecule has 0 aliphatic heterocycles. The molecule has 0 spiro atoms. The first-order valence-corrected chi connectivity index (χ1v) is 5.04. The van der Waals surface area contributed by atoms with Gasteiger partial charge < -0.3 is 4.74 Å². The zero-order valence-electron chi connectivity index (χ0n) is 7.08. The van der Waals surface area contributed by atoms with Gasteiger partial charge in [0.25, 0.3) is 0 Å². The Hall–Kier alpha value is -0.460. The summed E-state index contributed by atoms with van der Waals surface area (Å²) in [6, 6.07) is 0. The Labute approximate surface area is 83.6 Å². The van der Waals surface area contributed by atoms with Crippen molar-refractivity contribution >= 4 is 28.4 Å². The monoisotopic (exact) mass is 200 g/mol. The second kappa shape index (κ2) is 8.63. The molecule has 0 heterocycles. The molecule has 12 heavy (non-hydrogen) atoms. The van der Waals surface area contributed by atoms with Crippen molar-refractivity contribution in [2.75, 3.05) is 6.61 Å². The van der Waals surface area contributed by atoms with Crippen LogP contribution < -0.4 is 0 Å². The molecule has 0 aromatic heterocycles. The van der Waals surface area contributed by atoms with Crippen molar-refractivity contribution in [2.45, 2.75) is 19.8 Å². The lowest BCUT2D eigenvalue weighted by Gasteiger charge is -2.02. The smallest absolute Gasteiger partial charge is 0.224 e. The molecule has 3 heteroatoms. The van der Waals surface area contributed by atoms with Crippen molar-refractivity contribution < 1.29 is 4.74 Å². The van der Waals surface area contributed by atoms with Gasteiger partial charge >= 0.3 is 0 Å². The maximum atomic E-state index is 5.20. The molecule has 0 radical (unpaired) electrons. The van der Waals surface area contributed by atoms with Crippen molar-refractivity contribution in [3.8, 4) is 12.3 Å². The maximum absolute atomic E-state index is 5.20. The summed E-state index contributed by atoms with van der Waals surface area (Å²) in [5.41, 5.74) is 0. The minimum Gasteiger partial charge on any atom is -0.478 e. The van der Waals surface area contributed by atoms with E-state index in [1.807, 2.05) is 0 Å². The summed E-state index contributed by atoms with van der Waals surface area (Å²) >= 11 is 6.24. The molecule has 0 saturated carbocycles. The number of hydrogen-bond acceptors (Lipinski definition) is 3. The summed E-state index contributed by atoms with van der Waals surface area (Å²) in [6.07, 6.45) is 8.76. The lowest BCUT2D eigenvalue weighted by atomic mass is 10.4. The molecule has 0 fully saturated rings. The van der Waals surface area contributed by atoms with Gasteiger partial charge in [0.2, 0.25) is 4.38 Å². The minimum absolute atomic E-state index is 0.537. The van der Waals surface area contributed by atoms with Crippen molar-refractivity contribution in [3.63, 3.8) is 0 Å². The molecular formula is C9H12OS2. The SMILES string of the molecule is C#C/C=C/SC(=S)OCCCC. The van der Waals surface area contributed by atoms with E-state index >= 15 is 0 Å². The number of hydrogen-bond donors (Lipinski definition) is 0. The molecule has 0 aliphatic carbocycles. The van der Waals surface area contributed by atoms with Gasteiger partial charge in [-0.15, -0.1) is 6.42 Å². The van der Waals surface area contributed by atoms with Gasteiger partial charge in [-0.25, -0.2) is 0 Å². The van der Waals surface area contributed by atoms with E-state index in [1.54, 1.807) is 11.5 Å². The number of thiocarbonyl (C=S) groups is 1. The lowest BCUT2D eigenvalue weighted by Crippen LogP contribution is -1.97. The standard InChI is InChI=1S/C9H12OS2/c1-3-5-7-10-9(11)12-8-6-4-2/h2,6,8H,3,5,7H2,1H3/b8-6+. The third kappa shape index (κ3) is 7.64. The molecule has 66 valence electrons. The van der Waals surface area contributed by atoms with Crippen LogP contribution in [0.5, 0.6) is 0 Å². The van der Waals surface area contributed by atoms with E-state index in [2.05, 4.69) is 12.8 Å². The van der Waals surface area contributed by atoms with Crippen molar-refractivity contribution in [3.05, 3.63) is 11.5 Å². The average molecular weight is 200 g/mol. The van der Waals surface area contributed by atoms with Crippen LogP contribution in [0.2, 0.25) is 0 Å². The van der Waals surface area contributed by atoms with E-state index in [9.17, 15) is 0 Å². The van der Waals surface area contributed by atoms with Crippen LogP contribution in [-0.4, -0.2) is 11.0 Å². The van der Waals surface area contributed by atoms with Gasteiger partial charge in [0.15, 0.2) is 0 Å². The van der Waals surface area contributed by atoms with Crippen LogP contribution in [0.3, 0.4) is 0 Å². The molecule has 0 aromatic rings. The number of rotatable bonds is 4. The van der Waals surface area contributed by atoms with Gasteiger partial charge in [-0.1, -0.05) is 19.3 Å². The highest BCUT2D eigenvalue weighted by molar-refractivity contribution is 8.24. The van der Waals surface area contributed by atoms with Crippen LogP contribution >= 0.6 is 24.0 Å². The first-order valence-electron chi connectivity index (χ1n) is 3.75. The summed E-state index contributed by atoms with van der Waals surface area (Å²) in [6.45, 7) is 2.81. The van der Waals surface area contributed by atoms with Gasteiger partial charge in [-0.2, -0.15) is 0 Å². The van der Waals surface area contributed by atoms with Crippen LogP contribution in [0, 0.1) is 12.3 Å². The Balaban J connectivity index is 3.35. The fraction of sp³-hybridized carbons (Fsp3) is 0.444. The van der Waals surface area contributed by atoms with E-state index < -0.39 is 0 Å². The Kier molecular flexibility index (Phi) is 8.30. The van der Waals surface area contributed by atoms with Crippen LogP contribution in [0.4, 0.5) is 0 Å². The van der Waals surface area contributed by atoms with Gasteiger partial charge in [0, 0.05) is 0 Å². The number of terminal acetylenes is 1. The molecule has 0 amide bonds. The second-order valence-corrected chi connectivity index (χ2v) is 3.55. The molecule has 0 N–H and O–H groups in total. The van der Waals surface area contributed by atoms with Gasteiger partial charge in [-0.05, 0) is 41.9 Å². The quantitative estimate of drug-likeness (QED) is 0.392. The molecule has 0 aliphatic rings. The van der Waals surface area contributed by atoms with Crippen LogP contribution in [0.15, 0.2) is 11.5 Å². The van der Waals surface area contributed by atoms with Crippen LogP contribution in [-0.2, 0) is 4.74 Å². The van der Waals surface area contributed by atoms with Crippen molar-refractivity contribution in [1.29, 1.82) is 0 Å². The van der Waals surface area contributed by atoms with E-state index in [0.29, 0.717) is 11.0 Å². The average Bonchev–Trinajstić information content (AvgIpc) is 2.06. The number of ether oxygens (including phenoxy) is 1. The molecule has 0 rings (SSSR count). The normalized spacial score (nSPS) is 9.67. The summed E-state index contributed by atoms with van der Waals surface area (Å²) in [5.74, 6) is 2.37. The molecule has 0 saturated heterocycles. The predicted octanol–water partition coefficient (Wildman–Crippen LogP) is 2.97. The number of allylic oxidation sites excluding steroid dienone is 1. The molecule has 0 atom stereocenters. The molecule has 0 unspecified atom stereocenters. The fourth-order valence-electron chi connectivity index (χ4n) is 0.463. The topological polar surface area (TPSA) is 9.23 Å². The third-order valence-electron chi connectivity index (χ3n) is 1.05. The Morgan fingerprint density at radius 2 is 2.50 bits per heavy atom. The first-order chi connectivity index (χ1) is 5.81. The second-order valence-electron chi connectivity index (χ2n) is 2.04.